The molecule has 2 aromatic carbocycles. The Morgan fingerprint density at radius 2 is 1.59 bits per heavy atom. The molecule has 0 spiro atoms. The van der Waals surface area contributed by atoms with Crippen LogP contribution in [0.5, 0.6) is 5.75 Å². The summed E-state index contributed by atoms with van der Waals surface area (Å²) in [5.41, 5.74) is 2.52. The van der Waals surface area contributed by atoms with Crippen LogP contribution in [0.2, 0.25) is 0 Å². The second-order valence-corrected chi connectivity index (χ2v) is 8.46. The molecule has 1 saturated heterocycles. The van der Waals surface area contributed by atoms with Crippen LogP contribution >= 0.6 is 11.3 Å². The molecule has 2 heterocycles. The largest absolute Gasteiger partial charge is 0.496 e. The van der Waals surface area contributed by atoms with Crippen molar-refractivity contribution in [1.29, 1.82) is 0 Å². The van der Waals surface area contributed by atoms with Crippen LogP contribution in [0.1, 0.15) is 36.2 Å². The number of anilines is 2. The number of thiazole rings is 1. The lowest BCUT2D eigenvalue weighted by atomic mass is 10.2. The number of carbonyl (C=O) groups excluding carboxylic acids is 2. The second kappa shape index (κ2) is 10.3. The predicted molar refractivity (Wildman–Crippen MR) is 128 cm³/mol. The Morgan fingerprint density at radius 1 is 0.938 bits per heavy atom. The van der Waals surface area contributed by atoms with Gasteiger partial charge in [-0.25, -0.2) is 9.78 Å². The van der Waals surface area contributed by atoms with E-state index in [0.717, 1.165) is 36.5 Å². The summed E-state index contributed by atoms with van der Waals surface area (Å²) in [5.74, 6) is 0.426. The van der Waals surface area contributed by atoms with E-state index in [4.69, 9.17) is 4.74 Å². The van der Waals surface area contributed by atoms with Crippen LogP contribution in [0.3, 0.4) is 0 Å². The summed E-state index contributed by atoms with van der Waals surface area (Å²) >= 11 is 1.39. The Labute approximate surface area is 191 Å². The Hall–Kier alpha value is -3.39. The number of carbonyl (C=O) groups is 2. The van der Waals surface area contributed by atoms with Gasteiger partial charge in [-0.3, -0.25) is 4.79 Å². The number of amides is 3. The number of likely N-dealkylation sites (tertiary alicyclic amines) is 1. The van der Waals surface area contributed by atoms with Crippen LogP contribution in [-0.4, -0.2) is 42.0 Å². The maximum atomic E-state index is 12.6. The van der Waals surface area contributed by atoms with E-state index in [-0.39, 0.29) is 11.9 Å². The number of hydrogen-bond donors (Lipinski definition) is 2. The van der Waals surface area contributed by atoms with Crippen molar-refractivity contribution < 1.29 is 14.3 Å². The molecular weight excluding hydrogens is 424 g/mol. The molecular formula is C24H26N4O3S. The van der Waals surface area contributed by atoms with Crippen molar-refractivity contribution in [2.24, 2.45) is 0 Å². The van der Waals surface area contributed by atoms with E-state index in [2.05, 4.69) is 15.6 Å². The molecule has 1 aliphatic heterocycles. The quantitative estimate of drug-likeness (QED) is 0.539. The maximum Gasteiger partial charge on any atom is 0.321 e. The van der Waals surface area contributed by atoms with Crippen molar-refractivity contribution in [2.45, 2.75) is 25.7 Å². The lowest BCUT2D eigenvalue weighted by Crippen LogP contribution is -2.35. The third-order valence-corrected chi connectivity index (χ3v) is 6.24. The third-order valence-electron chi connectivity index (χ3n) is 5.36. The first kappa shape index (κ1) is 21.8. The van der Waals surface area contributed by atoms with Crippen molar-refractivity contribution in [3.05, 3.63) is 59.6 Å². The van der Waals surface area contributed by atoms with Gasteiger partial charge < -0.3 is 20.3 Å². The highest BCUT2D eigenvalue weighted by Crippen LogP contribution is 2.32. The molecule has 1 aliphatic rings. The standard InChI is InChI=1S/C24H26N4O3S/c1-31-21-9-5-4-8-19(21)23-27-20(16-32-23)22(29)25-17-10-12-18(13-11-17)26-24(30)28-14-6-2-3-7-15-28/h4-5,8-13,16H,2-3,6-7,14-15H2,1H3,(H,25,29)(H,26,30). The minimum Gasteiger partial charge on any atom is -0.496 e. The number of benzene rings is 2. The zero-order valence-electron chi connectivity index (χ0n) is 18.0. The average molecular weight is 451 g/mol. The molecule has 0 saturated carbocycles. The zero-order valence-corrected chi connectivity index (χ0v) is 18.8. The molecule has 166 valence electrons. The molecule has 1 aromatic heterocycles. The Kier molecular flexibility index (Phi) is 7.01. The number of nitrogens with zero attached hydrogens (tertiary/aromatic N) is 2. The molecule has 4 rings (SSSR count). The van der Waals surface area contributed by atoms with Crippen molar-refractivity contribution >= 4 is 34.6 Å². The van der Waals surface area contributed by atoms with E-state index >= 15 is 0 Å². The molecule has 1 fully saturated rings. The van der Waals surface area contributed by atoms with Gasteiger partial charge in [0.25, 0.3) is 5.91 Å². The van der Waals surface area contributed by atoms with Crippen LogP contribution in [0, 0.1) is 0 Å². The highest BCUT2D eigenvalue weighted by Gasteiger charge is 2.16. The van der Waals surface area contributed by atoms with Gasteiger partial charge in [0, 0.05) is 29.8 Å². The molecule has 8 heteroatoms. The highest BCUT2D eigenvalue weighted by atomic mass is 32.1. The van der Waals surface area contributed by atoms with Crippen LogP contribution in [0.25, 0.3) is 10.6 Å². The molecule has 2 N–H and O–H groups in total. The van der Waals surface area contributed by atoms with E-state index in [9.17, 15) is 9.59 Å². The van der Waals surface area contributed by atoms with Crippen molar-refractivity contribution in [2.75, 3.05) is 30.8 Å². The van der Waals surface area contributed by atoms with Crippen LogP contribution in [-0.2, 0) is 0 Å². The molecule has 0 bridgehead atoms. The van der Waals surface area contributed by atoms with Crippen molar-refractivity contribution in [3.63, 3.8) is 0 Å². The summed E-state index contributed by atoms with van der Waals surface area (Å²) in [5, 5.41) is 8.24. The minimum absolute atomic E-state index is 0.0740. The van der Waals surface area contributed by atoms with Gasteiger partial charge in [-0.1, -0.05) is 25.0 Å². The van der Waals surface area contributed by atoms with Gasteiger partial charge in [-0.15, -0.1) is 11.3 Å². The van der Waals surface area contributed by atoms with Crippen LogP contribution in [0.15, 0.2) is 53.9 Å². The number of para-hydroxylation sites is 1. The van der Waals surface area contributed by atoms with Crippen LogP contribution < -0.4 is 15.4 Å². The summed E-state index contributed by atoms with van der Waals surface area (Å²) in [7, 11) is 1.61. The van der Waals surface area contributed by atoms with Crippen LogP contribution in [0.4, 0.5) is 16.2 Å². The van der Waals surface area contributed by atoms with Gasteiger partial charge in [-0.2, -0.15) is 0 Å². The lowest BCUT2D eigenvalue weighted by molar-refractivity contribution is 0.102. The number of hydrogen-bond acceptors (Lipinski definition) is 5. The van der Waals surface area contributed by atoms with E-state index in [0.29, 0.717) is 22.8 Å². The molecule has 3 amide bonds. The Bertz CT molecular complexity index is 1070. The second-order valence-electron chi connectivity index (χ2n) is 7.60. The monoisotopic (exact) mass is 450 g/mol. The third kappa shape index (κ3) is 5.26. The first-order valence-electron chi connectivity index (χ1n) is 10.7. The smallest absolute Gasteiger partial charge is 0.321 e. The highest BCUT2D eigenvalue weighted by molar-refractivity contribution is 7.13. The van der Waals surface area contributed by atoms with E-state index in [1.807, 2.05) is 29.2 Å². The van der Waals surface area contributed by atoms with Crippen molar-refractivity contribution in [1.82, 2.24) is 9.88 Å². The first-order valence-corrected chi connectivity index (χ1v) is 11.6. The molecule has 0 aliphatic carbocycles. The predicted octanol–water partition coefficient (Wildman–Crippen LogP) is 5.48. The normalized spacial score (nSPS) is 13.8. The number of rotatable bonds is 5. The number of aromatic nitrogens is 1. The summed E-state index contributed by atoms with van der Waals surface area (Å²) < 4.78 is 5.38. The van der Waals surface area contributed by atoms with Gasteiger partial charge in [-0.05, 0) is 49.2 Å². The summed E-state index contributed by atoms with van der Waals surface area (Å²) in [6, 6.07) is 14.6. The minimum atomic E-state index is -0.288. The molecule has 7 nitrogen and oxygen atoms in total. The van der Waals surface area contributed by atoms with Gasteiger partial charge in [0.2, 0.25) is 0 Å². The fourth-order valence-corrected chi connectivity index (χ4v) is 4.46. The molecule has 0 atom stereocenters. The number of nitrogens with one attached hydrogen (secondary N) is 2. The van der Waals surface area contributed by atoms with Gasteiger partial charge in [0.05, 0.1) is 12.7 Å². The van der Waals surface area contributed by atoms with E-state index in [1.165, 1.54) is 24.2 Å². The fraction of sp³-hybridized carbons (Fsp3) is 0.292. The van der Waals surface area contributed by atoms with Crippen molar-refractivity contribution in [3.8, 4) is 16.3 Å². The number of ether oxygens (including phenoxy) is 1. The van der Waals surface area contributed by atoms with E-state index < -0.39 is 0 Å². The van der Waals surface area contributed by atoms with Gasteiger partial charge in [0.1, 0.15) is 16.5 Å². The summed E-state index contributed by atoms with van der Waals surface area (Å²) in [6.07, 6.45) is 4.46. The molecule has 32 heavy (non-hydrogen) atoms. The number of urea groups is 1. The topological polar surface area (TPSA) is 83.6 Å². The molecule has 0 unspecified atom stereocenters. The Morgan fingerprint density at radius 3 is 2.28 bits per heavy atom. The zero-order chi connectivity index (χ0) is 22.3. The fourth-order valence-electron chi connectivity index (χ4n) is 3.63. The summed E-state index contributed by atoms with van der Waals surface area (Å²) in [4.78, 5) is 31.4. The first-order chi connectivity index (χ1) is 15.6. The average Bonchev–Trinajstić information content (AvgIpc) is 3.15. The number of methoxy groups -OCH3 is 1. The van der Waals surface area contributed by atoms with Gasteiger partial charge >= 0.3 is 6.03 Å². The summed E-state index contributed by atoms with van der Waals surface area (Å²) in [6.45, 7) is 1.59. The van der Waals surface area contributed by atoms with E-state index in [1.54, 1.807) is 36.8 Å². The Balaban J connectivity index is 1.37. The molecule has 0 radical (unpaired) electrons. The lowest BCUT2D eigenvalue weighted by Gasteiger charge is -2.20. The SMILES string of the molecule is COc1ccccc1-c1nc(C(=O)Nc2ccc(NC(=O)N3CCCCCC3)cc2)cs1. The van der Waals surface area contributed by atoms with Gasteiger partial charge in [0.15, 0.2) is 0 Å². The molecule has 3 aromatic rings. The maximum absolute atomic E-state index is 12.6.